The van der Waals surface area contributed by atoms with Crippen LogP contribution in [0.2, 0.25) is 0 Å². The lowest BCUT2D eigenvalue weighted by molar-refractivity contribution is -0.0348. The lowest BCUT2D eigenvalue weighted by Gasteiger charge is -2.32. The van der Waals surface area contributed by atoms with Crippen LogP contribution in [0.1, 0.15) is 17.4 Å². The van der Waals surface area contributed by atoms with E-state index in [0.717, 1.165) is 31.9 Å². The quantitative estimate of drug-likeness (QED) is 0.896. The van der Waals surface area contributed by atoms with Crippen molar-refractivity contribution in [1.82, 2.24) is 14.9 Å². The van der Waals surface area contributed by atoms with E-state index in [1.54, 1.807) is 6.33 Å². The normalized spacial score (nSPS) is 21.0. The number of nitrogens with zero attached hydrogens (tertiary/aromatic N) is 2. The van der Waals surface area contributed by atoms with Gasteiger partial charge in [-0.1, -0.05) is 30.3 Å². The summed E-state index contributed by atoms with van der Waals surface area (Å²) in [6, 6.07) is 10.6. The second kappa shape index (κ2) is 5.33. The van der Waals surface area contributed by atoms with E-state index in [-0.39, 0.29) is 6.10 Å². The molecule has 2 heterocycles. The van der Waals surface area contributed by atoms with Crippen molar-refractivity contribution in [2.75, 3.05) is 19.7 Å². The summed E-state index contributed by atoms with van der Waals surface area (Å²) in [6.45, 7) is 3.65. The van der Waals surface area contributed by atoms with Gasteiger partial charge in [0, 0.05) is 19.6 Å². The molecule has 94 valence electrons. The Morgan fingerprint density at radius 3 is 3.00 bits per heavy atom. The van der Waals surface area contributed by atoms with Crippen LogP contribution in [0.4, 0.5) is 0 Å². The fourth-order valence-corrected chi connectivity index (χ4v) is 2.32. The molecule has 1 aromatic carbocycles. The number of morpholine rings is 1. The SMILES string of the molecule is c1ccc(CN2CCOC(c3cnc[nH]3)C2)cc1. The van der Waals surface area contributed by atoms with E-state index in [0.29, 0.717) is 0 Å². The minimum atomic E-state index is 0.116. The van der Waals surface area contributed by atoms with Gasteiger partial charge in [0.25, 0.3) is 0 Å². The summed E-state index contributed by atoms with van der Waals surface area (Å²) >= 11 is 0. The summed E-state index contributed by atoms with van der Waals surface area (Å²) in [5.74, 6) is 0. The smallest absolute Gasteiger partial charge is 0.112 e. The zero-order chi connectivity index (χ0) is 12.2. The molecule has 0 bridgehead atoms. The number of hydrogen-bond acceptors (Lipinski definition) is 3. The van der Waals surface area contributed by atoms with Crippen LogP contribution in [-0.2, 0) is 11.3 Å². The molecule has 0 amide bonds. The highest BCUT2D eigenvalue weighted by Gasteiger charge is 2.22. The average molecular weight is 243 g/mol. The van der Waals surface area contributed by atoms with E-state index < -0.39 is 0 Å². The summed E-state index contributed by atoms with van der Waals surface area (Å²) in [5.41, 5.74) is 2.41. The van der Waals surface area contributed by atoms with Gasteiger partial charge in [0.05, 0.1) is 24.8 Å². The topological polar surface area (TPSA) is 41.1 Å². The van der Waals surface area contributed by atoms with Crippen molar-refractivity contribution in [2.24, 2.45) is 0 Å². The maximum absolute atomic E-state index is 5.78. The highest BCUT2D eigenvalue weighted by molar-refractivity contribution is 5.14. The monoisotopic (exact) mass is 243 g/mol. The zero-order valence-corrected chi connectivity index (χ0v) is 10.2. The largest absolute Gasteiger partial charge is 0.369 e. The van der Waals surface area contributed by atoms with Gasteiger partial charge in [-0.2, -0.15) is 0 Å². The Morgan fingerprint density at radius 1 is 1.33 bits per heavy atom. The fraction of sp³-hybridized carbons (Fsp3) is 0.357. The Hall–Kier alpha value is -1.65. The number of benzene rings is 1. The first kappa shape index (κ1) is 11.4. The molecular formula is C14H17N3O. The van der Waals surface area contributed by atoms with E-state index >= 15 is 0 Å². The van der Waals surface area contributed by atoms with E-state index in [1.165, 1.54) is 5.56 Å². The number of H-pyrrole nitrogens is 1. The van der Waals surface area contributed by atoms with Crippen LogP contribution in [0.5, 0.6) is 0 Å². The van der Waals surface area contributed by atoms with Crippen molar-refractivity contribution < 1.29 is 4.74 Å². The number of hydrogen-bond donors (Lipinski definition) is 1. The van der Waals surface area contributed by atoms with Gasteiger partial charge in [0.2, 0.25) is 0 Å². The number of nitrogens with one attached hydrogen (secondary N) is 1. The molecule has 1 unspecified atom stereocenters. The van der Waals surface area contributed by atoms with E-state index in [1.807, 2.05) is 6.20 Å². The van der Waals surface area contributed by atoms with Crippen molar-refractivity contribution >= 4 is 0 Å². The molecule has 1 atom stereocenters. The van der Waals surface area contributed by atoms with Crippen molar-refractivity contribution in [3.63, 3.8) is 0 Å². The molecular weight excluding hydrogens is 226 g/mol. The van der Waals surface area contributed by atoms with Gasteiger partial charge in [-0.05, 0) is 5.56 Å². The molecule has 1 fully saturated rings. The van der Waals surface area contributed by atoms with Gasteiger partial charge in [-0.15, -0.1) is 0 Å². The van der Waals surface area contributed by atoms with Crippen LogP contribution in [0.25, 0.3) is 0 Å². The second-order valence-electron chi connectivity index (χ2n) is 4.59. The van der Waals surface area contributed by atoms with Crippen LogP contribution in [0, 0.1) is 0 Å². The molecule has 0 saturated carbocycles. The number of rotatable bonds is 3. The van der Waals surface area contributed by atoms with E-state index in [4.69, 9.17) is 4.74 Å². The third kappa shape index (κ3) is 2.60. The van der Waals surface area contributed by atoms with E-state index in [2.05, 4.69) is 45.2 Å². The average Bonchev–Trinajstić information content (AvgIpc) is 2.94. The summed E-state index contributed by atoms with van der Waals surface area (Å²) < 4.78 is 5.78. The van der Waals surface area contributed by atoms with Gasteiger partial charge in [-0.3, -0.25) is 4.90 Å². The Labute approximate surface area is 107 Å². The van der Waals surface area contributed by atoms with Gasteiger partial charge in [0.15, 0.2) is 0 Å². The predicted molar refractivity (Wildman–Crippen MR) is 69.0 cm³/mol. The third-order valence-electron chi connectivity index (χ3n) is 3.27. The maximum atomic E-state index is 5.78. The third-order valence-corrected chi connectivity index (χ3v) is 3.27. The number of aromatic nitrogens is 2. The van der Waals surface area contributed by atoms with Crippen molar-refractivity contribution in [1.29, 1.82) is 0 Å². The van der Waals surface area contributed by atoms with Gasteiger partial charge in [0.1, 0.15) is 6.10 Å². The molecule has 3 rings (SSSR count). The van der Waals surface area contributed by atoms with Crippen LogP contribution < -0.4 is 0 Å². The van der Waals surface area contributed by atoms with Crippen LogP contribution in [-0.4, -0.2) is 34.6 Å². The minimum Gasteiger partial charge on any atom is -0.369 e. The van der Waals surface area contributed by atoms with Crippen LogP contribution >= 0.6 is 0 Å². The molecule has 1 saturated heterocycles. The van der Waals surface area contributed by atoms with Crippen LogP contribution in [0.15, 0.2) is 42.9 Å². The zero-order valence-electron chi connectivity index (χ0n) is 10.2. The Balaban J connectivity index is 1.64. The number of imidazole rings is 1. The first-order valence-electron chi connectivity index (χ1n) is 6.28. The highest BCUT2D eigenvalue weighted by atomic mass is 16.5. The number of aromatic amines is 1. The van der Waals surface area contributed by atoms with Crippen molar-refractivity contribution in [3.8, 4) is 0 Å². The Kier molecular flexibility index (Phi) is 3.39. The molecule has 0 spiro atoms. The van der Waals surface area contributed by atoms with Crippen molar-refractivity contribution in [3.05, 3.63) is 54.1 Å². The van der Waals surface area contributed by atoms with Gasteiger partial charge < -0.3 is 9.72 Å². The summed E-state index contributed by atoms with van der Waals surface area (Å²) in [4.78, 5) is 9.60. The second-order valence-corrected chi connectivity index (χ2v) is 4.59. The van der Waals surface area contributed by atoms with Gasteiger partial charge in [-0.25, -0.2) is 4.98 Å². The molecule has 1 N–H and O–H groups in total. The maximum Gasteiger partial charge on any atom is 0.112 e. The molecule has 4 heteroatoms. The number of ether oxygens (including phenoxy) is 1. The lowest BCUT2D eigenvalue weighted by Crippen LogP contribution is -2.37. The minimum absolute atomic E-state index is 0.116. The van der Waals surface area contributed by atoms with Gasteiger partial charge >= 0.3 is 0 Å². The first-order chi connectivity index (χ1) is 8.92. The van der Waals surface area contributed by atoms with Crippen molar-refractivity contribution in [2.45, 2.75) is 12.6 Å². The summed E-state index contributed by atoms with van der Waals surface area (Å²) in [6.07, 6.45) is 3.66. The highest BCUT2D eigenvalue weighted by Crippen LogP contribution is 2.21. The van der Waals surface area contributed by atoms with Crippen LogP contribution in [0.3, 0.4) is 0 Å². The molecule has 4 nitrogen and oxygen atoms in total. The molecule has 1 aliphatic heterocycles. The molecule has 0 aliphatic carbocycles. The Morgan fingerprint density at radius 2 is 2.22 bits per heavy atom. The summed E-state index contributed by atoms with van der Waals surface area (Å²) in [7, 11) is 0. The van der Waals surface area contributed by atoms with E-state index in [9.17, 15) is 0 Å². The fourth-order valence-electron chi connectivity index (χ4n) is 2.32. The molecule has 1 aliphatic rings. The predicted octanol–water partition coefficient (Wildman–Crippen LogP) is 1.98. The molecule has 0 radical (unpaired) electrons. The lowest BCUT2D eigenvalue weighted by atomic mass is 10.1. The Bertz CT molecular complexity index is 469. The molecule has 2 aromatic rings. The standard InChI is InChI=1S/C14H17N3O/c1-2-4-12(5-3-1)9-17-6-7-18-14(10-17)13-8-15-11-16-13/h1-5,8,11,14H,6-7,9-10H2,(H,15,16). The summed E-state index contributed by atoms with van der Waals surface area (Å²) in [5, 5.41) is 0. The first-order valence-corrected chi connectivity index (χ1v) is 6.28. The molecule has 18 heavy (non-hydrogen) atoms. The molecule has 1 aromatic heterocycles.